The third kappa shape index (κ3) is 3.47. The van der Waals surface area contributed by atoms with Crippen molar-refractivity contribution in [2.75, 3.05) is 25.4 Å². The maximum absolute atomic E-state index is 11.2. The average Bonchev–Trinajstić information content (AvgIpc) is 2.38. The number of carbonyl (C=O) groups excluding carboxylic acids is 1. The minimum atomic E-state index is -0.160. The molecule has 0 aromatic heterocycles. The number of primary amides is 1. The molecule has 98 valence electrons. The van der Waals surface area contributed by atoms with Gasteiger partial charge in [-0.25, -0.2) is 0 Å². The quantitative estimate of drug-likeness (QED) is 0.780. The first-order valence-electron chi connectivity index (χ1n) is 6.51. The Morgan fingerprint density at radius 2 is 2.06 bits per heavy atom. The summed E-state index contributed by atoms with van der Waals surface area (Å²) >= 11 is 0. The SMILES string of the molecule is NC(=O)C1CCCN(CCc2ccc(N)cc2)C1. The molecule has 1 unspecified atom stereocenters. The van der Waals surface area contributed by atoms with Crippen LogP contribution in [0.15, 0.2) is 24.3 Å². The molecule has 1 atom stereocenters. The Morgan fingerprint density at radius 1 is 1.33 bits per heavy atom. The third-order valence-corrected chi connectivity index (χ3v) is 3.60. The summed E-state index contributed by atoms with van der Waals surface area (Å²) in [5, 5.41) is 0. The van der Waals surface area contributed by atoms with Crippen LogP contribution in [0.5, 0.6) is 0 Å². The second kappa shape index (κ2) is 5.87. The first-order valence-corrected chi connectivity index (χ1v) is 6.51. The lowest BCUT2D eigenvalue weighted by Crippen LogP contribution is -2.41. The van der Waals surface area contributed by atoms with Crippen molar-refractivity contribution in [1.29, 1.82) is 0 Å². The first kappa shape index (κ1) is 12.9. The molecule has 1 aliphatic rings. The van der Waals surface area contributed by atoms with Gasteiger partial charge in [-0.2, -0.15) is 0 Å². The van der Waals surface area contributed by atoms with E-state index in [2.05, 4.69) is 17.0 Å². The fourth-order valence-electron chi connectivity index (χ4n) is 2.46. The monoisotopic (exact) mass is 247 g/mol. The number of nitrogens with zero attached hydrogens (tertiary/aromatic N) is 1. The van der Waals surface area contributed by atoms with Crippen LogP contribution in [-0.2, 0) is 11.2 Å². The van der Waals surface area contributed by atoms with E-state index >= 15 is 0 Å². The maximum Gasteiger partial charge on any atom is 0.221 e. The van der Waals surface area contributed by atoms with Gasteiger partial charge in [0.2, 0.25) is 5.91 Å². The highest BCUT2D eigenvalue weighted by Gasteiger charge is 2.23. The lowest BCUT2D eigenvalue weighted by Gasteiger charge is -2.31. The number of anilines is 1. The van der Waals surface area contributed by atoms with Crippen LogP contribution < -0.4 is 11.5 Å². The number of amides is 1. The van der Waals surface area contributed by atoms with E-state index in [-0.39, 0.29) is 11.8 Å². The van der Waals surface area contributed by atoms with Crippen molar-refractivity contribution in [3.05, 3.63) is 29.8 Å². The Hall–Kier alpha value is -1.55. The topological polar surface area (TPSA) is 72.4 Å². The fourth-order valence-corrected chi connectivity index (χ4v) is 2.46. The van der Waals surface area contributed by atoms with Crippen molar-refractivity contribution in [1.82, 2.24) is 4.90 Å². The minimum Gasteiger partial charge on any atom is -0.399 e. The highest BCUT2D eigenvalue weighted by atomic mass is 16.1. The number of nitrogens with two attached hydrogens (primary N) is 2. The summed E-state index contributed by atoms with van der Waals surface area (Å²) in [6, 6.07) is 7.98. The molecule has 18 heavy (non-hydrogen) atoms. The van der Waals surface area contributed by atoms with Crippen LogP contribution in [0.4, 0.5) is 5.69 Å². The molecule has 1 fully saturated rings. The molecule has 1 aromatic carbocycles. The third-order valence-electron chi connectivity index (χ3n) is 3.60. The number of nitrogen functional groups attached to an aromatic ring is 1. The second-order valence-electron chi connectivity index (χ2n) is 5.03. The van der Waals surface area contributed by atoms with E-state index in [1.165, 1.54) is 5.56 Å². The second-order valence-corrected chi connectivity index (χ2v) is 5.03. The Morgan fingerprint density at radius 3 is 2.72 bits per heavy atom. The molecule has 4 nitrogen and oxygen atoms in total. The Labute approximate surface area is 108 Å². The zero-order valence-corrected chi connectivity index (χ0v) is 10.6. The van der Waals surface area contributed by atoms with Crippen LogP contribution in [0.3, 0.4) is 0 Å². The number of benzene rings is 1. The van der Waals surface area contributed by atoms with Gasteiger partial charge in [0, 0.05) is 18.8 Å². The normalized spacial score (nSPS) is 20.8. The highest BCUT2D eigenvalue weighted by Crippen LogP contribution is 2.16. The van der Waals surface area contributed by atoms with Gasteiger partial charge >= 0.3 is 0 Å². The molecular formula is C14H21N3O. The van der Waals surface area contributed by atoms with Crippen molar-refractivity contribution in [3.63, 3.8) is 0 Å². The molecule has 0 radical (unpaired) electrons. The molecule has 4 N–H and O–H groups in total. The van der Waals surface area contributed by atoms with Crippen LogP contribution in [0.25, 0.3) is 0 Å². The van der Waals surface area contributed by atoms with Gasteiger partial charge < -0.3 is 16.4 Å². The molecule has 4 heteroatoms. The van der Waals surface area contributed by atoms with Crippen LogP contribution in [0.1, 0.15) is 18.4 Å². The molecule has 1 aromatic rings. The molecule has 1 heterocycles. The summed E-state index contributed by atoms with van der Waals surface area (Å²) in [4.78, 5) is 13.5. The van der Waals surface area contributed by atoms with Crippen molar-refractivity contribution < 1.29 is 4.79 Å². The molecular weight excluding hydrogens is 226 g/mol. The molecule has 0 bridgehead atoms. The number of piperidine rings is 1. The van der Waals surface area contributed by atoms with Crippen molar-refractivity contribution >= 4 is 11.6 Å². The number of hydrogen-bond donors (Lipinski definition) is 2. The predicted octanol–water partition coefficient (Wildman–Crippen LogP) is 1.01. The van der Waals surface area contributed by atoms with Gasteiger partial charge in [0.25, 0.3) is 0 Å². The molecule has 1 aliphatic heterocycles. The van der Waals surface area contributed by atoms with E-state index in [9.17, 15) is 4.79 Å². The number of likely N-dealkylation sites (tertiary alicyclic amines) is 1. The van der Waals surface area contributed by atoms with E-state index in [0.29, 0.717) is 0 Å². The van der Waals surface area contributed by atoms with E-state index < -0.39 is 0 Å². The summed E-state index contributed by atoms with van der Waals surface area (Å²) in [5.41, 5.74) is 13.1. The number of rotatable bonds is 4. The summed E-state index contributed by atoms with van der Waals surface area (Å²) in [6.07, 6.45) is 2.99. The number of carbonyl (C=O) groups is 1. The number of hydrogen-bond acceptors (Lipinski definition) is 3. The van der Waals surface area contributed by atoms with E-state index in [1.807, 2.05) is 12.1 Å². The summed E-state index contributed by atoms with van der Waals surface area (Å²) in [7, 11) is 0. The zero-order valence-electron chi connectivity index (χ0n) is 10.6. The molecule has 2 rings (SSSR count). The van der Waals surface area contributed by atoms with E-state index in [1.54, 1.807) is 0 Å². The molecule has 0 spiro atoms. The van der Waals surface area contributed by atoms with E-state index in [4.69, 9.17) is 11.5 Å². The standard InChI is InChI=1S/C14H21N3O/c15-13-5-3-11(4-6-13)7-9-17-8-1-2-12(10-17)14(16)18/h3-6,12H,1-2,7-10,15H2,(H2,16,18). The minimum absolute atomic E-state index is 0.0326. The van der Waals surface area contributed by atoms with Crippen LogP contribution >= 0.6 is 0 Å². The van der Waals surface area contributed by atoms with Gasteiger partial charge in [0.1, 0.15) is 0 Å². The predicted molar refractivity (Wildman–Crippen MR) is 72.9 cm³/mol. The van der Waals surface area contributed by atoms with Gasteiger partial charge in [0.15, 0.2) is 0 Å². The lowest BCUT2D eigenvalue weighted by molar-refractivity contribution is -0.123. The highest BCUT2D eigenvalue weighted by molar-refractivity contribution is 5.76. The van der Waals surface area contributed by atoms with E-state index in [0.717, 1.165) is 44.6 Å². The average molecular weight is 247 g/mol. The fraction of sp³-hybridized carbons (Fsp3) is 0.500. The summed E-state index contributed by atoms with van der Waals surface area (Å²) < 4.78 is 0. The molecule has 0 saturated carbocycles. The van der Waals surface area contributed by atoms with Gasteiger partial charge in [0.05, 0.1) is 5.92 Å². The van der Waals surface area contributed by atoms with Crippen LogP contribution in [0, 0.1) is 5.92 Å². The Kier molecular flexibility index (Phi) is 4.20. The lowest BCUT2D eigenvalue weighted by atomic mass is 9.97. The first-order chi connectivity index (χ1) is 8.65. The summed E-state index contributed by atoms with van der Waals surface area (Å²) in [5.74, 6) is -0.127. The molecule has 0 aliphatic carbocycles. The summed E-state index contributed by atoms with van der Waals surface area (Å²) in [6.45, 7) is 2.86. The van der Waals surface area contributed by atoms with Crippen molar-refractivity contribution in [2.45, 2.75) is 19.3 Å². The zero-order chi connectivity index (χ0) is 13.0. The van der Waals surface area contributed by atoms with Crippen LogP contribution in [0.2, 0.25) is 0 Å². The molecule has 1 amide bonds. The van der Waals surface area contributed by atoms with Crippen molar-refractivity contribution in [2.24, 2.45) is 11.7 Å². The van der Waals surface area contributed by atoms with Gasteiger partial charge in [-0.1, -0.05) is 12.1 Å². The van der Waals surface area contributed by atoms with Crippen molar-refractivity contribution in [3.8, 4) is 0 Å². The van der Waals surface area contributed by atoms with Gasteiger partial charge in [-0.05, 0) is 43.5 Å². The smallest absolute Gasteiger partial charge is 0.221 e. The van der Waals surface area contributed by atoms with Gasteiger partial charge in [-0.3, -0.25) is 4.79 Å². The maximum atomic E-state index is 11.2. The van der Waals surface area contributed by atoms with Crippen LogP contribution in [-0.4, -0.2) is 30.4 Å². The Balaban J connectivity index is 1.82. The Bertz CT molecular complexity index is 402. The largest absolute Gasteiger partial charge is 0.399 e. The van der Waals surface area contributed by atoms with Gasteiger partial charge in [-0.15, -0.1) is 0 Å². The molecule has 1 saturated heterocycles.